The Balaban J connectivity index is 1.69. The Hall–Kier alpha value is -1.42. The lowest BCUT2D eigenvalue weighted by molar-refractivity contribution is -0.135. The number of rotatable bonds is 2. The Morgan fingerprint density at radius 2 is 2.10 bits per heavy atom. The van der Waals surface area contributed by atoms with E-state index in [0.29, 0.717) is 5.92 Å². The molecule has 2 aliphatic rings. The highest BCUT2D eigenvalue weighted by molar-refractivity contribution is 5.80. The van der Waals surface area contributed by atoms with Crippen molar-refractivity contribution in [3.05, 3.63) is 35.6 Å². The molecule has 0 aromatic heterocycles. The van der Waals surface area contributed by atoms with E-state index in [2.05, 4.69) is 12.2 Å². The summed E-state index contributed by atoms with van der Waals surface area (Å²) < 4.78 is 13.0. The third-order valence-corrected chi connectivity index (χ3v) is 4.61. The molecule has 108 valence electrons. The predicted molar refractivity (Wildman–Crippen MR) is 75.9 cm³/mol. The van der Waals surface area contributed by atoms with Crippen LogP contribution in [0.4, 0.5) is 4.39 Å². The summed E-state index contributed by atoms with van der Waals surface area (Å²) in [6.45, 7) is 4.63. The average molecular weight is 276 g/mol. The first-order valence-electron chi connectivity index (χ1n) is 7.42. The molecule has 0 saturated carbocycles. The van der Waals surface area contributed by atoms with Gasteiger partial charge in [0.15, 0.2) is 0 Å². The number of nitrogens with zero attached hydrogens (tertiary/aromatic N) is 1. The van der Waals surface area contributed by atoms with Gasteiger partial charge in [0.25, 0.3) is 0 Å². The van der Waals surface area contributed by atoms with Gasteiger partial charge in [0, 0.05) is 25.0 Å². The van der Waals surface area contributed by atoms with Gasteiger partial charge in [-0.05, 0) is 44.0 Å². The van der Waals surface area contributed by atoms with E-state index in [1.807, 2.05) is 17.0 Å². The quantitative estimate of drug-likeness (QED) is 0.897. The smallest absolute Gasteiger partial charge is 0.227 e. The molecule has 2 aliphatic heterocycles. The van der Waals surface area contributed by atoms with Gasteiger partial charge < -0.3 is 10.2 Å². The molecule has 0 radical (unpaired) electrons. The van der Waals surface area contributed by atoms with Crippen LogP contribution >= 0.6 is 0 Å². The van der Waals surface area contributed by atoms with Crippen molar-refractivity contribution in [3.63, 3.8) is 0 Å². The van der Waals surface area contributed by atoms with E-state index in [4.69, 9.17) is 0 Å². The van der Waals surface area contributed by atoms with Crippen LogP contribution in [0.3, 0.4) is 0 Å². The molecule has 1 aromatic carbocycles. The highest BCUT2D eigenvalue weighted by atomic mass is 19.1. The summed E-state index contributed by atoms with van der Waals surface area (Å²) in [5.74, 6) is 0.560. The van der Waals surface area contributed by atoms with Crippen molar-refractivity contribution in [2.45, 2.75) is 31.7 Å². The molecule has 20 heavy (non-hydrogen) atoms. The van der Waals surface area contributed by atoms with Crippen molar-refractivity contribution in [2.24, 2.45) is 5.92 Å². The minimum atomic E-state index is -0.204. The molecular formula is C16H21FN2O. The molecule has 1 amide bonds. The summed E-state index contributed by atoms with van der Waals surface area (Å²) >= 11 is 0. The molecule has 2 fully saturated rings. The van der Waals surface area contributed by atoms with Gasteiger partial charge in [0.1, 0.15) is 5.82 Å². The van der Waals surface area contributed by atoms with Crippen LogP contribution in [0.25, 0.3) is 0 Å². The molecule has 3 nitrogen and oxygen atoms in total. The summed E-state index contributed by atoms with van der Waals surface area (Å²) in [5, 5.41) is 3.25. The van der Waals surface area contributed by atoms with Gasteiger partial charge in [0.05, 0.1) is 5.92 Å². The normalized spacial score (nSPS) is 29.9. The second kappa shape index (κ2) is 5.52. The zero-order chi connectivity index (χ0) is 14.1. The molecule has 0 unspecified atom stereocenters. The topological polar surface area (TPSA) is 32.3 Å². The fourth-order valence-corrected chi connectivity index (χ4v) is 3.41. The minimum Gasteiger partial charge on any atom is -0.339 e. The summed E-state index contributed by atoms with van der Waals surface area (Å²) in [6.07, 6.45) is 1.92. The van der Waals surface area contributed by atoms with E-state index >= 15 is 0 Å². The number of likely N-dealkylation sites (tertiary alicyclic amines) is 1. The van der Waals surface area contributed by atoms with Gasteiger partial charge in [-0.2, -0.15) is 0 Å². The first-order valence-corrected chi connectivity index (χ1v) is 7.42. The molecular weight excluding hydrogens is 255 g/mol. The number of hydrogen-bond acceptors (Lipinski definition) is 2. The van der Waals surface area contributed by atoms with E-state index in [-0.39, 0.29) is 23.7 Å². The molecule has 0 aliphatic carbocycles. The van der Waals surface area contributed by atoms with E-state index in [1.54, 1.807) is 0 Å². The molecule has 1 aromatic rings. The fraction of sp³-hybridized carbons (Fsp3) is 0.562. The summed E-state index contributed by atoms with van der Waals surface area (Å²) in [4.78, 5) is 14.5. The van der Waals surface area contributed by atoms with Crippen molar-refractivity contribution >= 4 is 5.91 Å². The van der Waals surface area contributed by atoms with Crippen molar-refractivity contribution < 1.29 is 9.18 Å². The monoisotopic (exact) mass is 276 g/mol. The number of carbonyl (C=O) groups is 1. The van der Waals surface area contributed by atoms with Gasteiger partial charge >= 0.3 is 0 Å². The first kappa shape index (κ1) is 13.6. The molecule has 0 bridgehead atoms. The number of nitrogens with one attached hydrogen (secondary N) is 1. The van der Waals surface area contributed by atoms with Gasteiger partial charge in [-0.25, -0.2) is 4.39 Å². The fourth-order valence-electron chi connectivity index (χ4n) is 3.41. The van der Waals surface area contributed by atoms with Crippen LogP contribution in [-0.2, 0) is 4.79 Å². The van der Waals surface area contributed by atoms with E-state index < -0.39 is 0 Å². The minimum absolute atomic E-state index is 0.143. The average Bonchev–Trinajstić information content (AvgIpc) is 3.08. The van der Waals surface area contributed by atoms with Crippen LogP contribution in [0.2, 0.25) is 0 Å². The van der Waals surface area contributed by atoms with E-state index in [1.165, 1.54) is 12.1 Å². The van der Waals surface area contributed by atoms with Crippen LogP contribution in [0.1, 0.15) is 31.2 Å². The van der Waals surface area contributed by atoms with Gasteiger partial charge in [-0.1, -0.05) is 12.1 Å². The standard InChI is InChI=1S/C16H21FN2O/c1-11-8-14(12-2-4-15(17)5-3-12)10-19(11)16(20)13-6-7-18-9-13/h2-5,11,13-14,18H,6-10H2,1H3/t11-,13+,14+/m1/s1. The molecule has 2 saturated heterocycles. The predicted octanol–water partition coefficient (Wildman–Crippen LogP) is 2.14. The SMILES string of the molecule is C[C@@H]1C[C@H](c2ccc(F)cc2)CN1C(=O)[C@H]1CCNC1. The summed E-state index contributed by atoms with van der Waals surface area (Å²) in [7, 11) is 0. The van der Waals surface area contributed by atoms with Crippen molar-refractivity contribution in [2.75, 3.05) is 19.6 Å². The van der Waals surface area contributed by atoms with E-state index in [0.717, 1.165) is 38.0 Å². The Labute approximate surface area is 119 Å². The number of halogens is 1. The lowest BCUT2D eigenvalue weighted by atomic mass is 9.97. The Kier molecular flexibility index (Phi) is 3.74. The second-order valence-corrected chi connectivity index (χ2v) is 6.01. The maximum absolute atomic E-state index is 13.0. The second-order valence-electron chi connectivity index (χ2n) is 6.01. The maximum Gasteiger partial charge on any atom is 0.227 e. The van der Waals surface area contributed by atoms with Crippen LogP contribution < -0.4 is 5.32 Å². The highest BCUT2D eigenvalue weighted by Gasteiger charge is 2.36. The third-order valence-electron chi connectivity index (χ3n) is 4.61. The van der Waals surface area contributed by atoms with Crippen molar-refractivity contribution in [1.29, 1.82) is 0 Å². The number of hydrogen-bond donors (Lipinski definition) is 1. The number of carbonyl (C=O) groups excluding carboxylic acids is 1. The molecule has 1 N–H and O–H groups in total. The van der Waals surface area contributed by atoms with Gasteiger partial charge in [-0.15, -0.1) is 0 Å². The number of amides is 1. The summed E-state index contributed by atoms with van der Waals surface area (Å²) in [6, 6.07) is 6.98. The Bertz CT molecular complexity index is 482. The zero-order valence-corrected chi connectivity index (χ0v) is 11.8. The lowest BCUT2D eigenvalue weighted by Crippen LogP contribution is -2.39. The Morgan fingerprint density at radius 1 is 1.35 bits per heavy atom. The first-order chi connectivity index (χ1) is 9.65. The van der Waals surface area contributed by atoms with Gasteiger partial charge in [0.2, 0.25) is 5.91 Å². The lowest BCUT2D eigenvalue weighted by Gasteiger charge is -2.24. The zero-order valence-electron chi connectivity index (χ0n) is 11.8. The van der Waals surface area contributed by atoms with Crippen molar-refractivity contribution in [1.82, 2.24) is 10.2 Å². The summed E-state index contributed by atoms with van der Waals surface area (Å²) in [5.41, 5.74) is 1.14. The molecule has 4 heteroatoms. The van der Waals surface area contributed by atoms with Crippen LogP contribution in [0.5, 0.6) is 0 Å². The van der Waals surface area contributed by atoms with Crippen molar-refractivity contribution in [3.8, 4) is 0 Å². The number of benzene rings is 1. The largest absolute Gasteiger partial charge is 0.339 e. The van der Waals surface area contributed by atoms with Crippen LogP contribution in [-0.4, -0.2) is 36.5 Å². The molecule has 0 spiro atoms. The van der Waals surface area contributed by atoms with Crippen LogP contribution in [0, 0.1) is 11.7 Å². The van der Waals surface area contributed by atoms with Crippen LogP contribution in [0.15, 0.2) is 24.3 Å². The maximum atomic E-state index is 13.0. The highest BCUT2D eigenvalue weighted by Crippen LogP contribution is 2.33. The molecule has 2 heterocycles. The Morgan fingerprint density at radius 3 is 2.75 bits per heavy atom. The third kappa shape index (κ3) is 2.57. The van der Waals surface area contributed by atoms with E-state index in [9.17, 15) is 9.18 Å². The molecule has 3 atom stereocenters. The molecule has 3 rings (SSSR count). The van der Waals surface area contributed by atoms with Gasteiger partial charge in [-0.3, -0.25) is 4.79 Å².